The first kappa shape index (κ1) is 13.1. The van der Waals surface area contributed by atoms with Gasteiger partial charge in [-0.25, -0.2) is 4.39 Å². The Kier molecular flexibility index (Phi) is 4.52. The summed E-state index contributed by atoms with van der Waals surface area (Å²) in [6.45, 7) is 0.610. The third-order valence-corrected chi connectivity index (χ3v) is 2.35. The summed E-state index contributed by atoms with van der Waals surface area (Å²) in [4.78, 5) is 11.6. The number of hydrogen-bond acceptors (Lipinski definition) is 4. The SMILES string of the molecule is O=C(CNCc1cccnn1)Nc1ccc(F)cc1. The minimum Gasteiger partial charge on any atom is -0.325 e. The van der Waals surface area contributed by atoms with E-state index in [0.717, 1.165) is 5.69 Å². The molecule has 0 radical (unpaired) electrons. The fraction of sp³-hybridized carbons (Fsp3) is 0.154. The summed E-state index contributed by atoms with van der Waals surface area (Å²) >= 11 is 0. The van der Waals surface area contributed by atoms with Crippen LogP contribution in [-0.2, 0) is 11.3 Å². The summed E-state index contributed by atoms with van der Waals surface area (Å²) < 4.78 is 12.7. The van der Waals surface area contributed by atoms with Gasteiger partial charge in [-0.2, -0.15) is 10.2 Å². The van der Waals surface area contributed by atoms with Crippen molar-refractivity contribution in [3.8, 4) is 0 Å². The third kappa shape index (κ3) is 4.44. The van der Waals surface area contributed by atoms with Crippen LogP contribution in [0.25, 0.3) is 0 Å². The summed E-state index contributed by atoms with van der Waals surface area (Å²) in [6.07, 6.45) is 1.59. The van der Waals surface area contributed by atoms with Gasteiger partial charge in [-0.15, -0.1) is 0 Å². The maximum atomic E-state index is 12.7. The molecule has 0 bridgehead atoms. The molecular formula is C13H13FN4O. The van der Waals surface area contributed by atoms with E-state index in [9.17, 15) is 9.18 Å². The molecule has 1 aromatic carbocycles. The van der Waals surface area contributed by atoms with Crippen LogP contribution < -0.4 is 10.6 Å². The van der Waals surface area contributed by atoms with E-state index < -0.39 is 0 Å². The average Bonchev–Trinajstić information content (AvgIpc) is 2.43. The van der Waals surface area contributed by atoms with Gasteiger partial charge in [0.2, 0.25) is 5.91 Å². The van der Waals surface area contributed by atoms with Crippen molar-refractivity contribution in [3.63, 3.8) is 0 Å². The molecule has 19 heavy (non-hydrogen) atoms. The van der Waals surface area contributed by atoms with Crippen LogP contribution in [0.15, 0.2) is 42.6 Å². The highest BCUT2D eigenvalue weighted by Crippen LogP contribution is 2.07. The van der Waals surface area contributed by atoms with Crippen molar-refractivity contribution in [3.05, 3.63) is 54.1 Å². The number of aromatic nitrogens is 2. The lowest BCUT2D eigenvalue weighted by atomic mass is 10.3. The summed E-state index contributed by atoms with van der Waals surface area (Å²) in [6, 6.07) is 9.21. The van der Waals surface area contributed by atoms with Crippen molar-refractivity contribution in [2.75, 3.05) is 11.9 Å². The Morgan fingerprint density at radius 1 is 1.21 bits per heavy atom. The molecular weight excluding hydrogens is 247 g/mol. The minimum absolute atomic E-state index is 0.147. The van der Waals surface area contributed by atoms with Gasteiger partial charge in [-0.3, -0.25) is 4.79 Å². The molecule has 1 heterocycles. The third-order valence-electron chi connectivity index (χ3n) is 2.35. The normalized spacial score (nSPS) is 10.2. The van der Waals surface area contributed by atoms with E-state index in [1.54, 1.807) is 12.3 Å². The van der Waals surface area contributed by atoms with Gasteiger partial charge in [0.15, 0.2) is 0 Å². The lowest BCUT2D eigenvalue weighted by molar-refractivity contribution is -0.115. The molecule has 1 amide bonds. The van der Waals surface area contributed by atoms with E-state index in [0.29, 0.717) is 12.2 Å². The van der Waals surface area contributed by atoms with Crippen molar-refractivity contribution in [2.24, 2.45) is 0 Å². The van der Waals surface area contributed by atoms with E-state index in [1.165, 1.54) is 24.3 Å². The molecule has 0 aliphatic rings. The van der Waals surface area contributed by atoms with Crippen LogP contribution in [0.1, 0.15) is 5.69 Å². The molecule has 2 aromatic rings. The summed E-state index contributed by atoms with van der Waals surface area (Å²) in [7, 11) is 0. The molecule has 5 nitrogen and oxygen atoms in total. The maximum absolute atomic E-state index is 12.7. The van der Waals surface area contributed by atoms with Crippen LogP contribution in [0.5, 0.6) is 0 Å². The number of halogens is 1. The molecule has 0 aliphatic heterocycles. The second-order valence-corrected chi connectivity index (χ2v) is 3.87. The zero-order valence-electron chi connectivity index (χ0n) is 10.1. The standard InChI is InChI=1S/C13H13FN4O/c14-10-3-5-11(6-4-10)17-13(19)9-15-8-12-2-1-7-16-18-12/h1-7,15H,8-9H2,(H,17,19). The van der Waals surface area contributed by atoms with Gasteiger partial charge in [0.25, 0.3) is 0 Å². The zero-order valence-corrected chi connectivity index (χ0v) is 10.1. The highest BCUT2D eigenvalue weighted by Gasteiger charge is 2.02. The van der Waals surface area contributed by atoms with Crippen molar-refractivity contribution in [1.82, 2.24) is 15.5 Å². The van der Waals surface area contributed by atoms with Crippen molar-refractivity contribution in [1.29, 1.82) is 0 Å². The number of nitrogens with one attached hydrogen (secondary N) is 2. The Bertz CT molecular complexity index is 530. The van der Waals surface area contributed by atoms with Gasteiger partial charge in [0.1, 0.15) is 5.82 Å². The number of benzene rings is 1. The number of hydrogen-bond donors (Lipinski definition) is 2. The fourth-order valence-corrected chi connectivity index (χ4v) is 1.47. The molecule has 1 aromatic heterocycles. The topological polar surface area (TPSA) is 66.9 Å². The van der Waals surface area contributed by atoms with Gasteiger partial charge in [-0.1, -0.05) is 0 Å². The molecule has 0 saturated heterocycles. The van der Waals surface area contributed by atoms with E-state index in [4.69, 9.17) is 0 Å². The van der Waals surface area contributed by atoms with Gasteiger partial charge in [0, 0.05) is 18.4 Å². The summed E-state index contributed by atoms with van der Waals surface area (Å²) in [5, 5.41) is 13.2. The quantitative estimate of drug-likeness (QED) is 0.851. The van der Waals surface area contributed by atoms with E-state index in [1.807, 2.05) is 6.07 Å². The summed E-state index contributed by atoms with van der Waals surface area (Å²) in [5.74, 6) is -0.533. The van der Waals surface area contributed by atoms with E-state index in [-0.39, 0.29) is 18.3 Å². The molecule has 98 valence electrons. The van der Waals surface area contributed by atoms with Crippen LogP contribution in [0.2, 0.25) is 0 Å². The first-order valence-corrected chi connectivity index (χ1v) is 5.77. The number of amides is 1. The Hall–Kier alpha value is -2.34. The Labute approximate surface area is 109 Å². The van der Waals surface area contributed by atoms with Crippen molar-refractivity contribution in [2.45, 2.75) is 6.54 Å². The molecule has 0 spiro atoms. The van der Waals surface area contributed by atoms with E-state index in [2.05, 4.69) is 20.8 Å². The van der Waals surface area contributed by atoms with Crippen LogP contribution in [-0.4, -0.2) is 22.6 Å². The van der Waals surface area contributed by atoms with Gasteiger partial charge >= 0.3 is 0 Å². The molecule has 0 fully saturated rings. The molecule has 0 saturated carbocycles. The van der Waals surface area contributed by atoms with E-state index >= 15 is 0 Å². The highest BCUT2D eigenvalue weighted by atomic mass is 19.1. The van der Waals surface area contributed by atoms with Crippen LogP contribution in [0.4, 0.5) is 10.1 Å². The van der Waals surface area contributed by atoms with Crippen molar-refractivity contribution >= 4 is 11.6 Å². The number of nitrogens with zero attached hydrogens (tertiary/aromatic N) is 2. The Balaban J connectivity index is 1.74. The number of carbonyl (C=O) groups excluding carboxylic acids is 1. The lowest BCUT2D eigenvalue weighted by Gasteiger charge is -2.06. The fourth-order valence-electron chi connectivity index (χ4n) is 1.47. The number of anilines is 1. The molecule has 2 N–H and O–H groups in total. The van der Waals surface area contributed by atoms with Gasteiger partial charge < -0.3 is 10.6 Å². The highest BCUT2D eigenvalue weighted by molar-refractivity contribution is 5.92. The first-order chi connectivity index (χ1) is 9.24. The monoisotopic (exact) mass is 260 g/mol. The molecule has 0 aliphatic carbocycles. The molecule has 0 unspecified atom stereocenters. The predicted octanol–water partition coefficient (Wildman–Crippen LogP) is 1.34. The Morgan fingerprint density at radius 2 is 2.00 bits per heavy atom. The first-order valence-electron chi connectivity index (χ1n) is 5.77. The Morgan fingerprint density at radius 3 is 2.68 bits per heavy atom. The largest absolute Gasteiger partial charge is 0.325 e. The number of rotatable bonds is 5. The molecule has 2 rings (SSSR count). The zero-order chi connectivity index (χ0) is 13.5. The smallest absolute Gasteiger partial charge is 0.238 e. The second kappa shape index (κ2) is 6.55. The maximum Gasteiger partial charge on any atom is 0.238 e. The average molecular weight is 260 g/mol. The summed E-state index contributed by atoms with van der Waals surface area (Å²) in [5.41, 5.74) is 1.32. The second-order valence-electron chi connectivity index (χ2n) is 3.87. The lowest BCUT2D eigenvalue weighted by Crippen LogP contribution is -2.28. The van der Waals surface area contributed by atoms with Gasteiger partial charge in [0.05, 0.1) is 12.2 Å². The van der Waals surface area contributed by atoms with Crippen molar-refractivity contribution < 1.29 is 9.18 Å². The van der Waals surface area contributed by atoms with Crippen LogP contribution >= 0.6 is 0 Å². The number of carbonyl (C=O) groups is 1. The van der Waals surface area contributed by atoms with Gasteiger partial charge in [-0.05, 0) is 36.4 Å². The van der Waals surface area contributed by atoms with Crippen LogP contribution in [0.3, 0.4) is 0 Å². The molecule has 0 atom stereocenters. The predicted molar refractivity (Wildman–Crippen MR) is 68.8 cm³/mol. The van der Waals surface area contributed by atoms with Crippen LogP contribution in [0, 0.1) is 5.82 Å². The molecule has 6 heteroatoms. The minimum atomic E-state index is -0.334.